The fraction of sp³-hybridized carbons (Fsp3) is 0.500. The van der Waals surface area contributed by atoms with Gasteiger partial charge in [0.05, 0.1) is 0 Å². The normalized spacial score (nSPS) is 13.9. The molecule has 39 heavy (non-hydrogen) atoms. The zero-order valence-electron chi connectivity index (χ0n) is 25.7. The highest BCUT2D eigenvalue weighted by Gasteiger charge is 2.19. The number of benzene rings is 2. The van der Waals surface area contributed by atoms with Crippen LogP contribution in [0.1, 0.15) is 81.3 Å². The number of rotatable bonds is 3. The van der Waals surface area contributed by atoms with Crippen LogP contribution in [0.2, 0.25) is 0 Å². The maximum Gasteiger partial charge on any atom is 0.128 e. The molecule has 3 heterocycles. The number of aromatic nitrogens is 1. The van der Waals surface area contributed by atoms with Crippen LogP contribution in [0, 0.1) is 11.6 Å². The van der Waals surface area contributed by atoms with E-state index in [1.807, 2.05) is 52.0 Å². The molecule has 2 aliphatic heterocycles. The molecular weight excluding hydrogens is 488 g/mol. The van der Waals surface area contributed by atoms with Crippen LogP contribution in [0.4, 0.5) is 8.78 Å². The lowest BCUT2D eigenvalue weighted by atomic mass is 9.99. The van der Waals surface area contributed by atoms with Crippen LogP contribution in [0.25, 0.3) is 0 Å². The van der Waals surface area contributed by atoms with Crippen LogP contribution >= 0.6 is 0 Å². The van der Waals surface area contributed by atoms with Crippen molar-refractivity contribution in [1.82, 2.24) is 14.8 Å². The summed E-state index contributed by atoms with van der Waals surface area (Å²) in [5, 5.41) is 0. The summed E-state index contributed by atoms with van der Waals surface area (Å²) < 4.78 is 26.4. The predicted molar refractivity (Wildman–Crippen MR) is 163 cm³/mol. The van der Waals surface area contributed by atoms with Crippen molar-refractivity contribution in [3.8, 4) is 0 Å². The highest BCUT2D eigenvalue weighted by Crippen LogP contribution is 2.23. The molecule has 5 heteroatoms. The number of likely N-dealkylation sites (N-methyl/N-ethyl adjacent to an activating group) is 2. The van der Waals surface area contributed by atoms with Gasteiger partial charge in [0.1, 0.15) is 11.6 Å². The largest absolute Gasteiger partial charge is 0.302 e. The molecule has 0 unspecified atom stereocenters. The van der Waals surface area contributed by atoms with E-state index in [4.69, 9.17) is 0 Å². The van der Waals surface area contributed by atoms with Gasteiger partial charge in [-0.15, -0.1) is 0 Å². The molecule has 1 aromatic heterocycles. The Bertz CT molecular complexity index is 1050. The van der Waals surface area contributed by atoms with Crippen LogP contribution in [0.3, 0.4) is 0 Å². The number of pyridine rings is 1. The third-order valence-corrected chi connectivity index (χ3v) is 6.71. The average Bonchev–Trinajstić information content (AvgIpc) is 2.98. The summed E-state index contributed by atoms with van der Waals surface area (Å²) in [4.78, 5) is 8.42. The summed E-state index contributed by atoms with van der Waals surface area (Å²) in [5.74, 6) is -0.563. The average molecular weight is 540 g/mol. The van der Waals surface area contributed by atoms with Gasteiger partial charge in [-0.2, -0.15) is 0 Å². The van der Waals surface area contributed by atoms with Crippen molar-refractivity contribution in [2.75, 3.05) is 27.2 Å². The third kappa shape index (κ3) is 11.2. The van der Waals surface area contributed by atoms with Gasteiger partial charge in [0, 0.05) is 44.1 Å². The minimum absolute atomic E-state index is 0.274. The Labute approximate surface area is 237 Å². The van der Waals surface area contributed by atoms with E-state index >= 15 is 0 Å². The smallest absolute Gasteiger partial charge is 0.128 e. The minimum Gasteiger partial charge on any atom is -0.302 e. The van der Waals surface area contributed by atoms with Gasteiger partial charge in [-0.05, 0) is 85.8 Å². The van der Waals surface area contributed by atoms with Gasteiger partial charge < -0.3 is 9.80 Å². The Morgan fingerprint density at radius 2 is 1.31 bits per heavy atom. The van der Waals surface area contributed by atoms with Crippen molar-refractivity contribution < 1.29 is 8.78 Å². The Balaban J connectivity index is 0.000000276. The first-order valence-electron chi connectivity index (χ1n) is 14.7. The number of nitrogens with zero attached hydrogens (tertiary/aromatic N) is 3. The third-order valence-electron chi connectivity index (χ3n) is 6.71. The molecule has 2 aromatic carbocycles. The molecule has 0 saturated heterocycles. The molecule has 216 valence electrons. The van der Waals surface area contributed by atoms with E-state index in [2.05, 4.69) is 61.1 Å². The Morgan fingerprint density at radius 1 is 0.718 bits per heavy atom. The first-order chi connectivity index (χ1) is 18.9. The van der Waals surface area contributed by atoms with E-state index in [1.165, 1.54) is 60.2 Å². The van der Waals surface area contributed by atoms with Crippen LogP contribution in [0.15, 0.2) is 54.9 Å². The SMILES string of the molecule is CC.CC.CCCc1ccccc1CC.CN1CCc2c(F)ccc(F)c2C1.CN1CCc2ccncc2C1. The van der Waals surface area contributed by atoms with Crippen molar-refractivity contribution in [3.63, 3.8) is 0 Å². The minimum atomic E-state index is -0.289. The van der Waals surface area contributed by atoms with E-state index in [0.29, 0.717) is 24.1 Å². The number of aryl methyl sites for hydroxylation is 2. The highest BCUT2D eigenvalue weighted by atomic mass is 19.1. The lowest BCUT2D eigenvalue weighted by Gasteiger charge is -2.25. The van der Waals surface area contributed by atoms with Gasteiger partial charge in [0.2, 0.25) is 0 Å². The van der Waals surface area contributed by atoms with E-state index < -0.39 is 0 Å². The van der Waals surface area contributed by atoms with Crippen LogP contribution in [0.5, 0.6) is 0 Å². The first kappa shape index (κ1) is 34.4. The molecule has 5 rings (SSSR count). The monoisotopic (exact) mass is 539 g/mol. The van der Waals surface area contributed by atoms with E-state index in [9.17, 15) is 8.78 Å². The maximum atomic E-state index is 13.2. The lowest BCUT2D eigenvalue weighted by molar-refractivity contribution is 0.301. The molecule has 0 radical (unpaired) electrons. The second-order valence-electron chi connectivity index (χ2n) is 9.48. The Kier molecular flexibility index (Phi) is 17.1. The fourth-order valence-electron chi connectivity index (χ4n) is 4.67. The predicted octanol–water partition coefficient (Wildman–Crippen LogP) is 8.28. The highest BCUT2D eigenvalue weighted by molar-refractivity contribution is 5.32. The van der Waals surface area contributed by atoms with E-state index in [1.54, 1.807) is 0 Å². The molecule has 0 spiro atoms. The topological polar surface area (TPSA) is 19.4 Å². The van der Waals surface area contributed by atoms with Gasteiger partial charge in [-0.1, -0.05) is 72.2 Å². The van der Waals surface area contributed by atoms with Crippen LogP contribution in [-0.4, -0.2) is 42.0 Å². The number of hydrogen-bond donors (Lipinski definition) is 0. The van der Waals surface area contributed by atoms with Gasteiger partial charge in [0.25, 0.3) is 0 Å². The lowest BCUT2D eigenvalue weighted by Crippen LogP contribution is -2.28. The molecule has 0 amide bonds. The fourth-order valence-corrected chi connectivity index (χ4v) is 4.67. The van der Waals surface area contributed by atoms with Crippen molar-refractivity contribution in [2.45, 2.75) is 86.7 Å². The summed E-state index contributed by atoms with van der Waals surface area (Å²) in [6.07, 6.45) is 9.27. The molecule has 0 fully saturated rings. The summed E-state index contributed by atoms with van der Waals surface area (Å²) in [6.45, 7) is 16.0. The van der Waals surface area contributed by atoms with Gasteiger partial charge in [-0.25, -0.2) is 8.78 Å². The summed E-state index contributed by atoms with van der Waals surface area (Å²) in [7, 11) is 4.06. The molecule has 0 saturated carbocycles. The standard InChI is InChI=1S/C11H16.C10H11F2N.C9H12N2.2C2H6/c1-3-7-11-9-6-5-8-10(11)4-2;1-13-5-4-7-8(6-13)10(12)3-2-9(7)11;1-11-5-3-8-2-4-10-6-9(8)7-11;2*1-2/h5-6,8-9H,3-4,7H2,1-2H3;2-3H,4-6H2,1H3;2,4,6H,3,5,7H2,1H3;2*1-2H3. The zero-order valence-corrected chi connectivity index (χ0v) is 25.7. The van der Waals surface area contributed by atoms with Crippen LogP contribution in [-0.2, 0) is 38.8 Å². The zero-order chi connectivity index (χ0) is 29.2. The Morgan fingerprint density at radius 3 is 1.95 bits per heavy atom. The summed E-state index contributed by atoms with van der Waals surface area (Å²) in [5.41, 5.74) is 6.97. The quantitative estimate of drug-likeness (QED) is 0.334. The van der Waals surface area contributed by atoms with Crippen molar-refractivity contribution in [1.29, 1.82) is 0 Å². The maximum absolute atomic E-state index is 13.2. The molecule has 0 N–H and O–H groups in total. The summed E-state index contributed by atoms with van der Waals surface area (Å²) in [6, 6.07) is 13.3. The van der Waals surface area contributed by atoms with Crippen molar-refractivity contribution >= 4 is 0 Å². The number of fused-ring (bicyclic) bond motifs is 2. The second kappa shape index (κ2) is 19.4. The Hall–Kier alpha value is -2.63. The van der Waals surface area contributed by atoms with E-state index in [0.717, 1.165) is 19.5 Å². The van der Waals surface area contributed by atoms with Gasteiger partial charge >= 0.3 is 0 Å². The molecule has 0 bridgehead atoms. The van der Waals surface area contributed by atoms with Gasteiger partial charge in [-0.3, -0.25) is 4.98 Å². The molecule has 2 aliphatic rings. The van der Waals surface area contributed by atoms with Crippen molar-refractivity contribution in [2.24, 2.45) is 0 Å². The molecule has 0 atom stereocenters. The second-order valence-corrected chi connectivity index (χ2v) is 9.48. The summed E-state index contributed by atoms with van der Waals surface area (Å²) >= 11 is 0. The number of halogens is 2. The van der Waals surface area contributed by atoms with Crippen molar-refractivity contribution in [3.05, 3.63) is 99.9 Å². The van der Waals surface area contributed by atoms with E-state index in [-0.39, 0.29) is 11.6 Å². The molecule has 3 aromatic rings. The first-order valence-corrected chi connectivity index (χ1v) is 14.7. The molecule has 0 aliphatic carbocycles. The van der Waals surface area contributed by atoms with Gasteiger partial charge in [0.15, 0.2) is 0 Å². The number of hydrogen-bond acceptors (Lipinski definition) is 3. The van der Waals surface area contributed by atoms with Crippen LogP contribution < -0.4 is 0 Å². The molecule has 3 nitrogen and oxygen atoms in total. The molecular formula is C34H51F2N3.